The molecule has 0 atom stereocenters. The summed E-state index contributed by atoms with van der Waals surface area (Å²) in [4.78, 5) is 15.2. The minimum atomic E-state index is 0.00580. The molecule has 0 bridgehead atoms. The number of rotatable bonds is 3. The molecule has 1 aromatic heterocycles. The van der Waals surface area contributed by atoms with E-state index >= 15 is 0 Å². The number of fused-ring (bicyclic) bond motifs is 1. The van der Waals surface area contributed by atoms with Crippen molar-refractivity contribution in [2.45, 2.75) is 13.8 Å². The van der Waals surface area contributed by atoms with Gasteiger partial charge in [0.25, 0.3) is 0 Å². The number of carbonyl (C=O) groups excluding carboxylic acids is 1. The van der Waals surface area contributed by atoms with Crippen molar-refractivity contribution in [3.8, 4) is 6.08 Å². The number of ether oxygens (including phenoxy) is 1. The van der Waals surface area contributed by atoms with Gasteiger partial charge in [0.2, 0.25) is 0 Å². The van der Waals surface area contributed by atoms with Crippen LogP contribution in [0.5, 0.6) is 6.08 Å². The smallest absolute Gasteiger partial charge is 0.394 e. The van der Waals surface area contributed by atoms with E-state index < -0.39 is 0 Å². The second-order valence-corrected chi connectivity index (χ2v) is 3.15. The zero-order valence-electron chi connectivity index (χ0n) is 8.61. The SMILES string of the molecule is CCOc1nc2ccc(C(C)=O)cc2o1. The molecule has 0 radical (unpaired) electrons. The van der Waals surface area contributed by atoms with Crippen LogP contribution in [0.4, 0.5) is 0 Å². The molecule has 0 N–H and O–H groups in total. The average molecular weight is 205 g/mol. The minimum absolute atomic E-state index is 0.00580. The molecular formula is C11H11NO3. The summed E-state index contributed by atoms with van der Waals surface area (Å²) in [5.41, 5.74) is 1.89. The summed E-state index contributed by atoms with van der Waals surface area (Å²) in [6, 6.07) is 5.15. The van der Waals surface area contributed by atoms with Crippen molar-refractivity contribution in [2.75, 3.05) is 6.61 Å². The van der Waals surface area contributed by atoms with E-state index in [0.717, 1.165) is 0 Å². The van der Waals surface area contributed by atoms with Crippen molar-refractivity contribution in [1.29, 1.82) is 0 Å². The van der Waals surface area contributed by atoms with Gasteiger partial charge in [-0.2, -0.15) is 4.98 Å². The lowest BCUT2D eigenvalue weighted by Crippen LogP contribution is -1.90. The van der Waals surface area contributed by atoms with Crippen molar-refractivity contribution in [2.24, 2.45) is 0 Å². The molecule has 4 heteroatoms. The molecule has 0 fully saturated rings. The van der Waals surface area contributed by atoms with Crippen LogP contribution < -0.4 is 4.74 Å². The van der Waals surface area contributed by atoms with Gasteiger partial charge in [0.15, 0.2) is 11.4 Å². The van der Waals surface area contributed by atoms with Gasteiger partial charge >= 0.3 is 6.08 Å². The van der Waals surface area contributed by atoms with Gasteiger partial charge in [0, 0.05) is 5.56 Å². The first-order valence-electron chi connectivity index (χ1n) is 4.75. The third-order valence-electron chi connectivity index (χ3n) is 2.04. The predicted octanol–water partition coefficient (Wildman–Crippen LogP) is 2.43. The first-order chi connectivity index (χ1) is 7.20. The fourth-order valence-electron chi connectivity index (χ4n) is 1.31. The van der Waals surface area contributed by atoms with Gasteiger partial charge in [-0.05, 0) is 32.0 Å². The third-order valence-corrected chi connectivity index (χ3v) is 2.04. The Morgan fingerprint density at radius 1 is 1.53 bits per heavy atom. The van der Waals surface area contributed by atoms with Crippen LogP contribution in [0.25, 0.3) is 11.1 Å². The molecule has 1 heterocycles. The van der Waals surface area contributed by atoms with E-state index in [2.05, 4.69) is 4.98 Å². The van der Waals surface area contributed by atoms with Crippen LogP contribution >= 0.6 is 0 Å². The van der Waals surface area contributed by atoms with Crippen LogP contribution in [0.15, 0.2) is 22.6 Å². The highest BCUT2D eigenvalue weighted by Crippen LogP contribution is 2.21. The summed E-state index contributed by atoms with van der Waals surface area (Å²) < 4.78 is 10.4. The normalized spacial score (nSPS) is 10.5. The van der Waals surface area contributed by atoms with Crippen LogP contribution in [0.1, 0.15) is 24.2 Å². The maximum Gasteiger partial charge on any atom is 0.394 e. The van der Waals surface area contributed by atoms with Crippen molar-refractivity contribution in [3.63, 3.8) is 0 Å². The maximum absolute atomic E-state index is 11.1. The molecule has 0 unspecified atom stereocenters. The first-order valence-corrected chi connectivity index (χ1v) is 4.75. The molecule has 0 spiro atoms. The predicted molar refractivity (Wildman–Crippen MR) is 55.2 cm³/mol. The summed E-state index contributed by atoms with van der Waals surface area (Å²) in [5, 5.41) is 0. The van der Waals surface area contributed by atoms with Gasteiger partial charge in [0.1, 0.15) is 5.52 Å². The van der Waals surface area contributed by atoms with E-state index in [0.29, 0.717) is 23.3 Å². The molecule has 1 aromatic carbocycles. The van der Waals surface area contributed by atoms with Crippen molar-refractivity contribution in [1.82, 2.24) is 4.98 Å². The van der Waals surface area contributed by atoms with Gasteiger partial charge in [-0.1, -0.05) is 0 Å². The molecular weight excluding hydrogens is 194 g/mol. The molecule has 0 aliphatic rings. The number of ketones is 1. The van der Waals surface area contributed by atoms with Crippen LogP contribution in [0, 0.1) is 0 Å². The van der Waals surface area contributed by atoms with Gasteiger partial charge < -0.3 is 9.15 Å². The first kappa shape index (κ1) is 9.71. The van der Waals surface area contributed by atoms with Crippen molar-refractivity contribution < 1.29 is 13.9 Å². The van der Waals surface area contributed by atoms with Gasteiger partial charge in [-0.3, -0.25) is 4.79 Å². The van der Waals surface area contributed by atoms with Gasteiger partial charge in [0.05, 0.1) is 6.61 Å². The molecule has 15 heavy (non-hydrogen) atoms. The lowest BCUT2D eigenvalue weighted by atomic mass is 10.1. The van der Waals surface area contributed by atoms with Gasteiger partial charge in [-0.25, -0.2) is 0 Å². The maximum atomic E-state index is 11.1. The lowest BCUT2D eigenvalue weighted by Gasteiger charge is -1.92. The quantitative estimate of drug-likeness (QED) is 0.722. The number of nitrogens with zero attached hydrogens (tertiary/aromatic N) is 1. The van der Waals surface area contributed by atoms with Crippen LogP contribution in [-0.2, 0) is 0 Å². The number of benzene rings is 1. The largest absolute Gasteiger partial charge is 0.450 e. The molecule has 4 nitrogen and oxygen atoms in total. The van der Waals surface area contributed by atoms with Crippen molar-refractivity contribution in [3.05, 3.63) is 23.8 Å². The number of hydrogen-bond acceptors (Lipinski definition) is 4. The summed E-state index contributed by atoms with van der Waals surface area (Å²) in [6.45, 7) is 3.88. The lowest BCUT2D eigenvalue weighted by molar-refractivity contribution is 0.101. The van der Waals surface area contributed by atoms with Crippen LogP contribution in [0.3, 0.4) is 0 Å². The second-order valence-electron chi connectivity index (χ2n) is 3.15. The number of hydrogen-bond donors (Lipinski definition) is 0. The monoisotopic (exact) mass is 205 g/mol. The zero-order valence-corrected chi connectivity index (χ0v) is 8.61. The number of oxazole rings is 1. The summed E-state index contributed by atoms with van der Waals surface area (Å²) in [6.07, 6.45) is 0.244. The van der Waals surface area contributed by atoms with Crippen LogP contribution in [-0.4, -0.2) is 17.4 Å². The highest BCUT2D eigenvalue weighted by molar-refractivity contribution is 5.96. The van der Waals surface area contributed by atoms with Crippen LogP contribution in [0.2, 0.25) is 0 Å². The number of Topliss-reactive ketones (excluding diaryl/α,β-unsaturated/α-hetero) is 1. The summed E-state index contributed by atoms with van der Waals surface area (Å²) in [5.74, 6) is 0.00580. The Labute approximate surface area is 86.9 Å². The fraction of sp³-hybridized carbons (Fsp3) is 0.273. The van der Waals surface area contributed by atoms with E-state index in [9.17, 15) is 4.79 Å². The number of aromatic nitrogens is 1. The molecule has 78 valence electrons. The fourth-order valence-corrected chi connectivity index (χ4v) is 1.31. The Morgan fingerprint density at radius 3 is 3.00 bits per heavy atom. The molecule has 0 aliphatic carbocycles. The summed E-state index contributed by atoms with van der Waals surface area (Å²) in [7, 11) is 0. The highest BCUT2D eigenvalue weighted by Gasteiger charge is 2.08. The van der Waals surface area contributed by atoms with Crippen molar-refractivity contribution >= 4 is 16.9 Å². The molecule has 0 saturated carbocycles. The van der Waals surface area contributed by atoms with Gasteiger partial charge in [-0.15, -0.1) is 0 Å². The Balaban J connectivity index is 2.47. The van der Waals surface area contributed by atoms with E-state index in [4.69, 9.17) is 9.15 Å². The van der Waals surface area contributed by atoms with E-state index in [1.165, 1.54) is 6.92 Å². The standard InChI is InChI=1S/C11H11NO3/c1-3-14-11-12-9-5-4-8(7(2)13)6-10(9)15-11/h4-6H,3H2,1-2H3. The van der Waals surface area contributed by atoms with E-state index in [1.807, 2.05) is 6.92 Å². The Hall–Kier alpha value is -1.84. The topological polar surface area (TPSA) is 52.3 Å². The Bertz CT molecular complexity index is 502. The van der Waals surface area contributed by atoms with E-state index in [1.54, 1.807) is 18.2 Å². The third kappa shape index (κ3) is 1.83. The zero-order chi connectivity index (χ0) is 10.8. The Morgan fingerprint density at radius 2 is 2.33 bits per heavy atom. The Kier molecular flexibility index (Phi) is 2.41. The average Bonchev–Trinajstić information content (AvgIpc) is 2.59. The van der Waals surface area contributed by atoms with E-state index in [-0.39, 0.29) is 11.9 Å². The molecule has 2 rings (SSSR count). The molecule has 2 aromatic rings. The molecule has 0 saturated heterocycles. The molecule has 0 aliphatic heterocycles. The summed E-state index contributed by atoms with van der Waals surface area (Å²) >= 11 is 0. The minimum Gasteiger partial charge on any atom is -0.450 e. The number of carbonyl (C=O) groups is 1. The molecule has 0 amide bonds. The second kappa shape index (κ2) is 3.73. The highest BCUT2D eigenvalue weighted by atomic mass is 16.6.